The fourth-order valence-electron chi connectivity index (χ4n) is 0.939. The van der Waals surface area contributed by atoms with E-state index in [9.17, 15) is 4.79 Å². The lowest BCUT2D eigenvalue weighted by atomic mass is 10.2. The summed E-state index contributed by atoms with van der Waals surface area (Å²) in [6.45, 7) is 4.54. The van der Waals surface area contributed by atoms with Crippen LogP contribution in [0.1, 0.15) is 17.0 Å². The summed E-state index contributed by atoms with van der Waals surface area (Å²) in [7, 11) is 0. The summed E-state index contributed by atoms with van der Waals surface area (Å²) in [6, 6.07) is 3.89. The highest BCUT2D eigenvalue weighted by Crippen LogP contribution is 2.06. The number of rotatable bonds is 3. The van der Waals surface area contributed by atoms with Gasteiger partial charge in [-0.3, -0.25) is 9.78 Å². The van der Waals surface area contributed by atoms with E-state index in [1.54, 1.807) is 0 Å². The molecule has 0 saturated carbocycles. The van der Waals surface area contributed by atoms with Crippen molar-refractivity contribution in [1.29, 1.82) is 0 Å². The molecule has 0 atom stereocenters. The van der Waals surface area contributed by atoms with Crippen molar-refractivity contribution in [1.82, 2.24) is 4.98 Å². The normalized spacial score (nSPS) is 9.50. The van der Waals surface area contributed by atoms with E-state index >= 15 is 0 Å². The predicted molar refractivity (Wildman–Crippen MR) is 44.6 cm³/mol. The molecule has 64 valence electrons. The minimum absolute atomic E-state index is 0.261. The van der Waals surface area contributed by atoms with Crippen LogP contribution >= 0.6 is 0 Å². The lowest BCUT2D eigenvalue weighted by molar-refractivity contribution is -0.129. The number of pyridine rings is 1. The van der Waals surface area contributed by atoms with Gasteiger partial charge in [0.1, 0.15) is 6.61 Å². The van der Waals surface area contributed by atoms with Gasteiger partial charge in [-0.1, -0.05) is 6.07 Å². The summed E-state index contributed by atoms with van der Waals surface area (Å²) in [6.07, 6.45) is 0. The first kappa shape index (κ1) is 8.71. The summed E-state index contributed by atoms with van der Waals surface area (Å²) < 4.78 is 4.61. The van der Waals surface area contributed by atoms with Crippen LogP contribution in [0.25, 0.3) is 0 Å². The Hall–Kier alpha value is -1.38. The molecule has 0 radical (unpaired) electrons. The molecule has 1 heterocycles. The van der Waals surface area contributed by atoms with Crippen LogP contribution in [0, 0.1) is 13.8 Å². The van der Waals surface area contributed by atoms with Crippen molar-refractivity contribution in [3.05, 3.63) is 29.1 Å². The van der Waals surface area contributed by atoms with E-state index < -0.39 is 0 Å². The summed E-state index contributed by atoms with van der Waals surface area (Å²) >= 11 is 0. The predicted octanol–water partition coefficient (Wildman–Crippen LogP) is 1.37. The molecule has 0 aliphatic heterocycles. The van der Waals surface area contributed by atoms with Crippen molar-refractivity contribution >= 4 is 6.47 Å². The molecule has 1 aromatic rings. The molecule has 0 N–H and O–H groups in total. The monoisotopic (exact) mass is 165 g/mol. The topological polar surface area (TPSA) is 39.2 Å². The van der Waals surface area contributed by atoms with Gasteiger partial charge in [0.05, 0.1) is 5.69 Å². The number of ether oxygens (including phenoxy) is 1. The molecule has 0 aliphatic rings. The van der Waals surface area contributed by atoms with E-state index in [0.29, 0.717) is 6.47 Å². The number of aromatic nitrogens is 1. The Morgan fingerprint density at radius 2 is 2.25 bits per heavy atom. The van der Waals surface area contributed by atoms with Crippen LogP contribution in [0.4, 0.5) is 0 Å². The maximum absolute atomic E-state index is 9.92. The number of carbonyl (C=O) groups is 1. The Bertz CT molecular complexity index is 284. The number of hydrogen-bond acceptors (Lipinski definition) is 3. The smallest absolute Gasteiger partial charge is 0.293 e. The number of aryl methyl sites for hydroxylation is 2. The van der Waals surface area contributed by atoms with Gasteiger partial charge in [-0.2, -0.15) is 0 Å². The Morgan fingerprint density at radius 1 is 1.50 bits per heavy atom. The Labute approximate surface area is 71.4 Å². The second-order valence-electron chi connectivity index (χ2n) is 2.62. The molecule has 0 aliphatic carbocycles. The van der Waals surface area contributed by atoms with Crippen LogP contribution in [0.3, 0.4) is 0 Å². The van der Waals surface area contributed by atoms with E-state index in [1.807, 2.05) is 26.0 Å². The molecule has 0 aromatic carbocycles. The summed E-state index contributed by atoms with van der Waals surface area (Å²) in [5, 5.41) is 0. The van der Waals surface area contributed by atoms with Crippen LogP contribution in [0.5, 0.6) is 0 Å². The van der Waals surface area contributed by atoms with Gasteiger partial charge in [0.15, 0.2) is 0 Å². The molecule has 0 bridgehead atoms. The standard InChI is InChI=1S/C9H11NO2/c1-7-3-4-8(2)10-9(7)5-12-6-11/h3-4,6H,5H2,1-2H3. The third kappa shape index (κ3) is 2.05. The zero-order valence-corrected chi connectivity index (χ0v) is 7.20. The van der Waals surface area contributed by atoms with Gasteiger partial charge >= 0.3 is 0 Å². The average molecular weight is 165 g/mol. The van der Waals surface area contributed by atoms with Crippen molar-refractivity contribution in [2.45, 2.75) is 20.5 Å². The largest absolute Gasteiger partial charge is 0.461 e. The first-order valence-electron chi connectivity index (χ1n) is 3.72. The van der Waals surface area contributed by atoms with E-state index in [4.69, 9.17) is 0 Å². The minimum Gasteiger partial charge on any atom is -0.461 e. The average Bonchev–Trinajstić information content (AvgIpc) is 2.07. The lowest BCUT2D eigenvalue weighted by Gasteiger charge is -2.03. The van der Waals surface area contributed by atoms with Crippen LogP contribution in [0.2, 0.25) is 0 Å². The zero-order valence-electron chi connectivity index (χ0n) is 7.20. The molecule has 3 heteroatoms. The van der Waals surface area contributed by atoms with Gasteiger partial charge in [-0.15, -0.1) is 0 Å². The molecule has 12 heavy (non-hydrogen) atoms. The molecule has 0 spiro atoms. The molecule has 0 unspecified atom stereocenters. The van der Waals surface area contributed by atoms with Crippen molar-refractivity contribution in [3.63, 3.8) is 0 Å². The number of carbonyl (C=O) groups excluding carboxylic acids is 1. The molecule has 3 nitrogen and oxygen atoms in total. The maximum atomic E-state index is 9.92. The number of hydrogen-bond donors (Lipinski definition) is 0. The van der Waals surface area contributed by atoms with Gasteiger partial charge < -0.3 is 4.74 Å². The highest BCUT2D eigenvalue weighted by Gasteiger charge is 1.99. The van der Waals surface area contributed by atoms with Crippen molar-refractivity contribution in [2.75, 3.05) is 0 Å². The first-order valence-corrected chi connectivity index (χ1v) is 3.72. The summed E-state index contributed by atoms with van der Waals surface area (Å²) in [5.74, 6) is 0. The lowest BCUT2D eigenvalue weighted by Crippen LogP contribution is -1.98. The van der Waals surface area contributed by atoms with E-state index in [-0.39, 0.29) is 6.61 Å². The second-order valence-corrected chi connectivity index (χ2v) is 2.62. The second kappa shape index (κ2) is 3.85. The SMILES string of the molecule is Cc1ccc(C)c(COC=O)n1. The maximum Gasteiger partial charge on any atom is 0.293 e. The minimum atomic E-state index is 0.261. The van der Waals surface area contributed by atoms with E-state index in [0.717, 1.165) is 17.0 Å². The van der Waals surface area contributed by atoms with Crippen LogP contribution < -0.4 is 0 Å². The fraction of sp³-hybridized carbons (Fsp3) is 0.333. The number of nitrogens with zero attached hydrogens (tertiary/aromatic N) is 1. The molecule has 1 aromatic heterocycles. The molecule has 1 rings (SSSR count). The first-order chi connectivity index (χ1) is 5.74. The van der Waals surface area contributed by atoms with Crippen LogP contribution in [-0.2, 0) is 16.1 Å². The molecule has 0 amide bonds. The molecule has 0 saturated heterocycles. The summed E-state index contributed by atoms with van der Waals surface area (Å²) in [4.78, 5) is 14.2. The Balaban J connectivity index is 2.82. The zero-order chi connectivity index (χ0) is 8.97. The van der Waals surface area contributed by atoms with E-state index in [2.05, 4.69) is 9.72 Å². The van der Waals surface area contributed by atoms with Crippen LogP contribution in [0.15, 0.2) is 12.1 Å². The van der Waals surface area contributed by atoms with Gasteiger partial charge in [-0.25, -0.2) is 0 Å². The third-order valence-corrected chi connectivity index (χ3v) is 1.63. The Morgan fingerprint density at radius 3 is 2.92 bits per heavy atom. The van der Waals surface area contributed by atoms with Crippen molar-refractivity contribution in [2.24, 2.45) is 0 Å². The van der Waals surface area contributed by atoms with Gasteiger partial charge in [0.25, 0.3) is 6.47 Å². The highest BCUT2D eigenvalue weighted by molar-refractivity contribution is 5.37. The third-order valence-electron chi connectivity index (χ3n) is 1.63. The van der Waals surface area contributed by atoms with Gasteiger partial charge in [-0.05, 0) is 25.5 Å². The molecular formula is C9H11NO2. The summed E-state index contributed by atoms with van der Waals surface area (Å²) in [5.41, 5.74) is 2.80. The molecular weight excluding hydrogens is 154 g/mol. The fourth-order valence-corrected chi connectivity index (χ4v) is 0.939. The van der Waals surface area contributed by atoms with Gasteiger partial charge in [0, 0.05) is 5.69 Å². The van der Waals surface area contributed by atoms with E-state index in [1.165, 1.54) is 0 Å². The quantitative estimate of drug-likeness (QED) is 0.635. The Kier molecular flexibility index (Phi) is 2.80. The van der Waals surface area contributed by atoms with Gasteiger partial charge in [0.2, 0.25) is 0 Å². The van der Waals surface area contributed by atoms with Crippen LogP contribution in [-0.4, -0.2) is 11.5 Å². The van der Waals surface area contributed by atoms with Crippen molar-refractivity contribution in [3.8, 4) is 0 Å². The van der Waals surface area contributed by atoms with Crippen molar-refractivity contribution < 1.29 is 9.53 Å². The molecule has 0 fully saturated rings. The highest BCUT2D eigenvalue weighted by atomic mass is 16.5.